The van der Waals surface area contributed by atoms with E-state index in [1.165, 1.54) is 0 Å². The number of amides is 2. The van der Waals surface area contributed by atoms with E-state index in [4.69, 9.17) is 5.11 Å². The molecule has 0 aliphatic carbocycles. The number of urea groups is 1. The Kier molecular flexibility index (Phi) is 4.86. The summed E-state index contributed by atoms with van der Waals surface area (Å²) in [7, 11) is 0. The van der Waals surface area contributed by atoms with Gasteiger partial charge in [-0.1, -0.05) is 0 Å². The van der Waals surface area contributed by atoms with Gasteiger partial charge < -0.3 is 20.0 Å². The van der Waals surface area contributed by atoms with Gasteiger partial charge in [0.1, 0.15) is 0 Å². The van der Waals surface area contributed by atoms with Crippen molar-refractivity contribution in [1.29, 1.82) is 0 Å². The van der Waals surface area contributed by atoms with E-state index in [-0.39, 0.29) is 24.0 Å². The summed E-state index contributed by atoms with van der Waals surface area (Å²) >= 11 is 0. The molecule has 6 heteroatoms. The molecule has 0 aromatic rings. The number of piperidine rings is 2. The van der Waals surface area contributed by atoms with Crippen LogP contribution >= 0.6 is 0 Å². The first kappa shape index (κ1) is 15.1. The second-order valence-corrected chi connectivity index (χ2v) is 5.95. The number of aliphatic carboxylic acids is 1. The van der Waals surface area contributed by atoms with Crippen LogP contribution in [0.1, 0.15) is 32.6 Å². The molecule has 0 bridgehead atoms. The van der Waals surface area contributed by atoms with Crippen LogP contribution in [0.4, 0.5) is 4.79 Å². The number of aliphatic hydroxyl groups excluding tert-OH is 1. The highest BCUT2D eigenvalue weighted by Gasteiger charge is 2.31. The first-order valence-electron chi connectivity index (χ1n) is 7.43. The van der Waals surface area contributed by atoms with E-state index >= 15 is 0 Å². The molecule has 2 aliphatic rings. The molecule has 2 amide bonds. The summed E-state index contributed by atoms with van der Waals surface area (Å²) in [5, 5.41) is 18.5. The Morgan fingerprint density at radius 1 is 1.00 bits per heavy atom. The minimum Gasteiger partial charge on any atom is -0.481 e. The number of rotatable bonds is 2. The van der Waals surface area contributed by atoms with Crippen molar-refractivity contribution < 1.29 is 19.8 Å². The lowest BCUT2D eigenvalue weighted by atomic mass is 9.92. The maximum atomic E-state index is 12.3. The molecule has 1 atom stereocenters. The summed E-state index contributed by atoms with van der Waals surface area (Å²) in [6.45, 7) is 4.25. The Labute approximate surface area is 119 Å². The minimum atomic E-state index is -0.755. The second kappa shape index (κ2) is 6.43. The fourth-order valence-corrected chi connectivity index (χ4v) is 3.09. The highest BCUT2D eigenvalue weighted by Crippen LogP contribution is 2.23. The van der Waals surface area contributed by atoms with Crippen LogP contribution < -0.4 is 0 Å². The molecule has 20 heavy (non-hydrogen) atoms. The topological polar surface area (TPSA) is 81.1 Å². The lowest BCUT2D eigenvalue weighted by Crippen LogP contribution is -2.50. The normalized spacial score (nSPS) is 23.7. The van der Waals surface area contributed by atoms with E-state index in [9.17, 15) is 14.7 Å². The zero-order valence-corrected chi connectivity index (χ0v) is 12.0. The summed E-state index contributed by atoms with van der Waals surface area (Å²) in [5.41, 5.74) is 0. The van der Waals surface area contributed by atoms with Crippen LogP contribution in [0.2, 0.25) is 0 Å². The number of hydrogen-bond acceptors (Lipinski definition) is 3. The van der Waals surface area contributed by atoms with E-state index in [0.29, 0.717) is 39.0 Å². The SMILES string of the molecule is CC(O)C1CCN(C(=O)N2CCC(C(=O)O)CC2)CC1. The van der Waals surface area contributed by atoms with E-state index in [1.54, 1.807) is 11.8 Å². The molecule has 0 radical (unpaired) electrons. The molecule has 1 unspecified atom stereocenters. The minimum absolute atomic E-state index is 0.0258. The molecule has 6 nitrogen and oxygen atoms in total. The van der Waals surface area contributed by atoms with Gasteiger partial charge in [-0.15, -0.1) is 0 Å². The van der Waals surface area contributed by atoms with Crippen LogP contribution in [-0.4, -0.2) is 64.3 Å². The summed E-state index contributed by atoms with van der Waals surface area (Å²) in [6, 6.07) is 0.0258. The van der Waals surface area contributed by atoms with Crippen molar-refractivity contribution in [2.75, 3.05) is 26.2 Å². The molecule has 0 aromatic heterocycles. The molecule has 0 saturated carbocycles. The van der Waals surface area contributed by atoms with Crippen molar-refractivity contribution in [2.45, 2.75) is 38.7 Å². The van der Waals surface area contributed by atoms with Gasteiger partial charge in [0, 0.05) is 26.2 Å². The average Bonchev–Trinajstić information content (AvgIpc) is 2.46. The first-order valence-corrected chi connectivity index (χ1v) is 7.43. The lowest BCUT2D eigenvalue weighted by molar-refractivity contribution is -0.143. The standard InChI is InChI=1S/C14H24N2O4/c1-10(17)11-2-6-15(7-3-11)14(20)16-8-4-12(5-9-16)13(18)19/h10-12,17H,2-9H2,1H3,(H,18,19). The summed E-state index contributed by atoms with van der Waals surface area (Å²) in [6.07, 6.45) is 2.47. The quantitative estimate of drug-likeness (QED) is 0.792. The van der Waals surface area contributed by atoms with Crippen LogP contribution in [0.15, 0.2) is 0 Å². The molecule has 0 spiro atoms. The largest absolute Gasteiger partial charge is 0.481 e. The first-order chi connectivity index (χ1) is 9.49. The third-order valence-corrected chi connectivity index (χ3v) is 4.61. The zero-order valence-electron chi connectivity index (χ0n) is 12.0. The Bertz CT molecular complexity index is 356. The van der Waals surface area contributed by atoms with Gasteiger partial charge in [0.15, 0.2) is 0 Å². The third-order valence-electron chi connectivity index (χ3n) is 4.61. The molecule has 2 N–H and O–H groups in total. The Balaban J connectivity index is 1.80. The van der Waals surface area contributed by atoms with E-state index in [0.717, 1.165) is 12.8 Å². The number of carbonyl (C=O) groups is 2. The zero-order chi connectivity index (χ0) is 14.7. The molecule has 2 rings (SSSR count). The van der Waals surface area contributed by atoms with E-state index < -0.39 is 5.97 Å². The monoisotopic (exact) mass is 284 g/mol. The number of carboxylic acid groups (broad SMARTS) is 1. The van der Waals surface area contributed by atoms with Crippen molar-refractivity contribution in [1.82, 2.24) is 9.80 Å². The molecular formula is C14H24N2O4. The summed E-state index contributed by atoms with van der Waals surface area (Å²) < 4.78 is 0. The van der Waals surface area contributed by atoms with Crippen molar-refractivity contribution in [3.63, 3.8) is 0 Å². The molecular weight excluding hydrogens is 260 g/mol. The number of aliphatic hydroxyl groups is 1. The van der Waals surface area contributed by atoms with Gasteiger partial charge in [0.05, 0.1) is 12.0 Å². The summed E-state index contributed by atoms with van der Waals surface area (Å²) in [5.74, 6) is -0.772. The predicted molar refractivity (Wildman–Crippen MR) is 73.3 cm³/mol. The van der Waals surface area contributed by atoms with E-state index in [1.807, 2.05) is 4.90 Å². The maximum Gasteiger partial charge on any atom is 0.319 e. The summed E-state index contributed by atoms with van der Waals surface area (Å²) in [4.78, 5) is 26.8. The van der Waals surface area contributed by atoms with Gasteiger partial charge in [0.25, 0.3) is 0 Å². The molecule has 2 fully saturated rings. The number of likely N-dealkylation sites (tertiary alicyclic amines) is 2. The van der Waals surface area contributed by atoms with E-state index in [2.05, 4.69) is 0 Å². The lowest BCUT2D eigenvalue weighted by Gasteiger charge is -2.38. The molecule has 2 saturated heterocycles. The van der Waals surface area contributed by atoms with Gasteiger partial charge in [-0.05, 0) is 38.5 Å². The average molecular weight is 284 g/mol. The predicted octanol–water partition coefficient (Wildman–Crippen LogP) is 0.996. The van der Waals surface area contributed by atoms with Gasteiger partial charge in [-0.25, -0.2) is 4.79 Å². The molecule has 114 valence electrons. The van der Waals surface area contributed by atoms with Crippen molar-refractivity contribution >= 4 is 12.0 Å². The maximum absolute atomic E-state index is 12.3. The Hall–Kier alpha value is -1.30. The van der Waals surface area contributed by atoms with Gasteiger partial charge in [-0.2, -0.15) is 0 Å². The molecule has 2 aliphatic heterocycles. The Morgan fingerprint density at radius 3 is 1.85 bits per heavy atom. The van der Waals surface area contributed by atoms with Crippen LogP contribution in [0, 0.1) is 11.8 Å². The fraction of sp³-hybridized carbons (Fsp3) is 0.857. The van der Waals surface area contributed by atoms with Crippen LogP contribution in [0.3, 0.4) is 0 Å². The number of carboxylic acids is 1. The van der Waals surface area contributed by atoms with Gasteiger partial charge >= 0.3 is 12.0 Å². The van der Waals surface area contributed by atoms with Crippen molar-refractivity contribution in [3.8, 4) is 0 Å². The smallest absolute Gasteiger partial charge is 0.319 e. The van der Waals surface area contributed by atoms with Crippen molar-refractivity contribution in [2.24, 2.45) is 11.8 Å². The third kappa shape index (κ3) is 3.42. The van der Waals surface area contributed by atoms with Crippen LogP contribution in [0.5, 0.6) is 0 Å². The van der Waals surface area contributed by atoms with Crippen LogP contribution in [-0.2, 0) is 4.79 Å². The van der Waals surface area contributed by atoms with Crippen molar-refractivity contribution in [3.05, 3.63) is 0 Å². The Morgan fingerprint density at radius 2 is 1.45 bits per heavy atom. The number of nitrogens with zero attached hydrogens (tertiary/aromatic N) is 2. The fourth-order valence-electron chi connectivity index (χ4n) is 3.09. The molecule has 2 heterocycles. The van der Waals surface area contributed by atoms with Gasteiger partial charge in [0.2, 0.25) is 0 Å². The number of carbonyl (C=O) groups excluding carboxylic acids is 1. The number of hydrogen-bond donors (Lipinski definition) is 2. The van der Waals surface area contributed by atoms with Crippen LogP contribution in [0.25, 0.3) is 0 Å². The van der Waals surface area contributed by atoms with Gasteiger partial charge in [-0.3, -0.25) is 4.79 Å². The molecule has 0 aromatic carbocycles. The highest BCUT2D eigenvalue weighted by molar-refractivity contribution is 5.75. The highest BCUT2D eigenvalue weighted by atomic mass is 16.4. The second-order valence-electron chi connectivity index (χ2n) is 5.95.